The first-order valence-electron chi connectivity index (χ1n) is 8.81. The van der Waals surface area contributed by atoms with Crippen molar-refractivity contribution in [2.24, 2.45) is 0 Å². The SMILES string of the molecule is O=c1[nH]c(-c2cccs2)nc2c1CCN(Cc1c[nH]c3ccc(Cl)cc13)C2. The molecule has 5 nitrogen and oxygen atoms in total. The number of nitrogens with zero attached hydrogens (tertiary/aromatic N) is 2. The summed E-state index contributed by atoms with van der Waals surface area (Å²) < 4.78 is 0. The van der Waals surface area contributed by atoms with Crippen molar-refractivity contribution in [3.05, 3.63) is 74.1 Å². The van der Waals surface area contributed by atoms with Crippen molar-refractivity contribution in [2.45, 2.75) is 19.5 Å². The molecule has 27 heavy (non-hydrogen) atoms. The number of hydrogen-bond acceptors (Lipinski definition) is 4. The van der Waals surface area contributed by atoms with Crippen LogP contribution in [-0.4, -0.2) is 26.4 Å². The van der Waals surface area contributed by atoms with Crippen LogP contribution in [0, 0.1) is 0 Å². The average molecular weight is 397 g/mol. The summed E-state index contributed by atoms with van der Waals surface area (Å²) in [6.07, 6.45) is 2.75. The summed E-state index contributed by atoms with van der Waals surface area (Å²) in [5.41, 5.74) is 3.97. The zero-order valence-electron chi connectivity index (χ0n) is 14.5. The molecule has 4 heterocycles. The van der Waals surface area contributed by atoms with Crippen LogP contribution in [0.2, 0.25) is 5.02 Å². The van der Waals surface area contributed by atoms with Gasteiger partial charge in [0, 0.05) is 47.3 Å². The molecule has 3 aromatic heterocycles. The molecule has 0 atom stereocenters. The van der Waals surface area contributed by atoms with E-state index in [1.807, 2.05) is 41.9 Å². The maximum absolute atomic E-state index is 12.5. The maximum Gasteiger partial charge on any atom is 0.254 e. The fourth-order valence-corrected chi connectivity index (χ4v) is 4.52. The number of H-pyrrole nitrogens is 2. The van der Waals surface area contributed by atoms with Gasteiger partial charge < -0.3 is 9.97 Å². The normalized spacial score (nSPS) is 14.6. The molecular formula is C20H17ClN4OS. The van der Waals surface area contributed by atoms with Crippen molar-refractivity contribution < 1.29 is 0 Å². The van der Waals surface area contributed by atoms with Crippen LogP contribution in [0.25, 0.3) is 21.6 Å². The fraction of sp³-hybridized carbons (Fsp3) is 0.200. The number of halogens is 1. The predicted molar refractivity (Wildman–Crippen MR) is 109 cm³/mol. The third kappa shape index (κ3) is 3.10. The molecule has 7 heteroatoms. The number of nitrogens with one attached hydrogen (secondary N) is 2. The van der Waals surface area contributed by atoms with Gasteiger partial charge in [0.05, 0.1) is 10.6 Å². The van der Waals surface area contributed by atoms with Crippen molar-refractivity contribution in [1.82, 2.24) is 19.9 Å². The van der Waals surface area contributed by atoms with E-state index in [0.717, 1.165) is 45.1 Å². The minimum Gasteiger partial charge on any atom is -0.361 e. The van der Waals surface area contributed by atoms with Crippen LogP contribution in [0.3, 0.4) is 0 Å². The van der Waals surface area contributed by atoms with Crippen molar-refractivity contribution in [3.8, 4) is 10.7 Å². The molecule has 0 spiro atoms. The van der Waals surface area contributed by atoms with E-state index in [9.17, 15) is 4.79 Å². The van der Waals surface area contributed by atoms with Crippen molar-refractivity contribution in [3.63, 3.8) is 0 Å². The molecule has 1 aromatic carbocycles. The highest BCUT2D eigenvalue weighted by Crippen LogP contribution is 2.26. The molecule has 0 unspecified atom stereocenters. The van der Waals surface area contributed by atoms with Crippen LogP contribution < -0.4 is 5.56 Å². The van der Waals surface area contributed by atoms with Gasteiger partial charge in [-0.05, 0) is 41.6 Å². The van der Waals surface area contributed by atoms with E-state index in [4.69, 9.17) is 16.6 Å². The van der Waals surface area contributed by atoms with Crippen LogP contribution in [0.4, 0.5) is 0 Å². The third-order valence-corrected chi connectivity index (χ3v) is 6.14. The summed E-state index contributed by atoms with van der Waals surface area (Å²) >= 11 is 7.75. The van der Waals surface area contributed by atoms with E-state index >= 15 is 0 Å². The van der Waals surface area contributed by atoms with Gasteiger partial charge >= 0.3 is 0 Å². The molecule has 5 rings (SSSR count). The lowest BCUT2D eigenvalue weighted by Crippen LogP contribution is -2.35. The molecule has 0 fully saturated rings. The first-order chi connectivity index (χ1) is 13.2. The Morgan fingerprint density at radius 2 is 2.22 bits per heavy atom. The molecule has 0 amide bonds. The maximum atomic E-state index is 12.5. The molecule has 2 N–H and O–H groups in total. The quantitative estimate of drug-likeness (QED) is 0.545. The van der Waals surface area contributed by atoms with E-state index in [1.54, 1.807) is 11.3 Å². The first-order valence-corrected chi connectivity index (χ1v) is 10.1. The van der Waals surface area contributed by atoms with Gasteiger partial charge in [0.1, 0.15) is 0 Å². The van der Waals surface area contributed by atoms with Gasteiger partial charge in [0.25, 0.3) is 5.56 Å². The van der Waals surface area contributed by atoms with E-state index in [0.29, 0.717) is 18.8 Å². The van der Waals surface area contributed by atoms with Gasteiger partial charge in [-0.3, -0.25) is 9.69 Å². The number of hydrogen-bond donors (Lipinski definition) is 2. The Kier molecular flexibility index (Phi) is 4.11. The summed E-state index contributed by atoms with van der Waals surface area (Å²) in [6.45, 7) is 2.30. The number of aromatic amines is 2. The van der Waals surface area contributed by atoms with Crippen LogP contribution in [0.15, 0.2) is 46.7 Å². The van der Waals surface area contributed by atoms with Crippen LogP contribution in [-0.2, 0) is 19.5 Å². The van der Waals surface area contributed by atoms with Crippen LogP contribution in [0.5, 0.6) is 0 Å². The van der Waals surface area contributed by atoms with Crippen molar-refractivity contribution in [1.29, 1.82) is 0 Å². The molecule has 0 aliphatic carbocycles. The molecule has 0 saturated heterocycles. The van der Waals surface area contributed by atoms with Gasteiger partial charge in [-0.1, -0.05) is 17.7 Å². The summed E-state index contributed by atoms with van der Waals surface area (Å²) in [4.78, 5) is 26.8. The Morgan fingerprint density at radius 1 is 1.30 bits per heavy atom. The molecule has 136 valence electrons. The van der Waals surface area contributed by atoms with E-state index in [-0.39, 0.29) is 5.56 Å². The minimum absolute atomic E-state index is 0.0121. The highest BCUT2D eigenvalue weighted by atomic mass is 35.5. The van der Waals surface area contributed by atoms with Crippen molar-refractivity contribution in [2.75, 3.05) is 6.54 Å². The van der Waals surface area contributed by atoms with Gasteiger partial charge in [-0.15, -0.1) is 11.3 Å². The molecular weight excluding hydrogens is 380 g/mol. The lowest BCUT2D eigenvalue weighted by atomic mass is 10.1. The second-order valence-corrected chi connectivity index (χ2v) is 8.17. The largest absolute Gasteiger partial charge is 0.361 e. The Morgan fingerprint density at radius 3 is 3.07 bits per heavy atom. The summed E-state index contributed by atoms with van der Waals surface area (Å²) in [5.74, 6) is 0.662. The molecule has 0 bridgehead atoms. The fourth-order valence-electron chi connectivity index (χ4n) is 3.68. The molecule has 1 aliphatic heterocycles. The number of thiophene rings is 1. The summed E-state index contributed by atoms with van der Waals surface area (Å²) in [6, 6.07) is 9.84. The minimum atomic E-state index is -0.0121. The zero-order valence-corrected chi connectivity index (χ0v) is 16.0. The predicted octanol–water partition coefficient (Wildman–Crippen LogP) is 4.19. The number of benzene rings is 1. The molecule has 0 radical (unpaired) electrons. The highest BCUT2D eigenvalue weighted by molar-refractivity contribution is 7.13. The first kappa shape index (κ1) is 16.7. The summed E-state index contributed by atoms with van der Waals surface area (Å²) in [7, 11) is 0. The monoisotopic (exact) mass is 396 g/mol. The van der Waals surface area contributed by atoms with Gasteiger partial charge in [0.15, 0.2) is 5.82 Å². The van der Waals surface area contributed by atoms with E-state index < -0.39 is 0 Å². The lowest BCUT2D eigenvalue weighted by molar-refractivity contribution is 0.241. The Bertz CT molecular complexity index is 1180. The van der Waals surface area contributed by atoms with Gasteiger partial charge in [0.2, 0.25) is 0 Å². The zero-order chi connectivity index (χ0) is 18.4. The Hall–Kier alpha value is -2.41. The molecule has 0 saturated carbocycles. The smallest absolute Gasteiger partial charge is 0.254 e. The average Bonchev–Trinajstić information content (AvgIpc) is 3.32. The number of aromatic nitrogens is 3. The second kappa shape index (κ2) is 6.64. The van der Waals surface area contributed by atoms with Crippen molar-refractivity contribution >= 4 is 33.8 Å². The second-order valence-electron chi connectivity index (χ2n) is 6.78. The van der Waals surface area contributed by atoms with E-state index in [1.165, 1.54) is 5.56 Å². The van der Waals surface area contributed by atoms with Gasteiger partial charge in [-0.25, -0.2) is 4.98 Å². The molecule has 4 aromatic rings. The van der Waals surface area contributed by atoms with Gasteiger partial charge in [-0.2, -0.15) is 0 Å². The standard InChI is InChI=1S/C20H17ClN4OS/c21-13-3-4-16-15(8-13)12(9-22-16)10-25-6-5-14-17(11-25)23-19(24-20(14)26)18-2-1-7-27-18/h1-4,7-9,22H,5-6,10-11H2,(H,23,24,26). The lowest BCUT2D eigenvalue weighted by Gasteiger charge is -2.27. The van der Waals surface area contributed by atoms with Crippen LogP contribution >= 0.6 is 22.9 Å². The Labute approximate surface area is 164 Å². The van der Waals surface area contributed by atoms with Crippen LogP contribution in [0.1, 0.15) is 16.8 Å². The highest BCUT2D eigenvalue weighted by Gasteiger charge is 2.22. The van der Waals surface area contributed by atoms with E-state index in [2.05, 4.69) is 14.9 Å². The number of fused-ring (bicyclic) bond motifs is 2. The number of rotatable bonds is 3. The molecule has 1 aliphatic rings. The topological polar surface area (TPSA) is 64.8 Å². The Balaban J connectivity index is 1.45. The third-order valence-electron chi connectivity index (χ3n) is 5.03. The summed E-state index contributed by atoms with van der Waals surface area (Å²) in [5, 5.41) is 3.87.